The molecule has 0 aliphatic carbocycles. The summed E-state index contributed by atoms with van der Waals surface area (Å²) in [5.74, 6) is -0.0847. The SMILES string of the molecule is O=C1/C(=C/c2ccccc2OC(F)F)Oc2c1ccc(O)c2CN1CCN(c2ccccc2)CC1. The molecule has 6 nitrogen and oxygen atoms in total. The lowest BCUT2D eigenvalue weighted by Crippen LogP contribution is -2.46. The molecule has 35 heavy (non-hydrogen) atoms. The molecule has 0 radical (unpaired) electrons. The van der Waals surface area contributed by atoms with Crippen LogP contribution >= 0.6 is 0 Å². The Bertz CT molecular complexity index is 1260. The molecule has 8 heteroatoms. The number of alkyl halides is 2. The smallest absolute Gasteiger partial charge is 0.387 e. The lowest BCUT2D eigenvalue weighted by atomic mass is 10.0. The number of carbonyl (C=O) groups excluding carboxylic acids is 1. The first-order chi connectivity index (χ1) is 17.0. The van der Waals surface area contributed by atoms with E-state index in [1.165, 1.54) is 30.0 Å². The third-order valence-corrected chi connectivity index (χ3v) is 6.21. The summed E-state index contributed by atoms with van der Waals surface area (Å²) in [6, 6.07) is 19.4. The van der Waals surface area contributed by atoms with Gasteiger partial charge >= 0.3 is 6.61 Å². The van der Waals surface area contributed by atoms with Crippen molar-refractivity contribution in [3.05, 3.63) is 89.2 Å². The predicted octanol–water partition coefficient (Wildman–Crippen LogP) is 4.93. The number of anilines is 1. The molecule has 2 heterocycles. The molecule has 5 rings (SSSR count). The second-order valence-corrected chi connectivity index (χ2v) is 8.39. The van der Waals surface area contributed by atoms with E-state index in [1.807, 2.05) is 18.2 Å². The Morgan fingerprint density at radius 2 is 1.69 bits per heavy atom. The Hall–Kier alpha value is -3.91. The van der Waals surface area contributed by atoms with Gasteiger partial charge in [0.1, 0.15) is 17.2 Å². The van der Waals surface area contributed by atoms with Gasteiger partial charge in [0.15, 0.2) is 5.76 Å². The fraction of sp³-hybridized carbons (Fsp3) is 0.222. The number of phenolic OH excluding ortho intramolecular Hbond substituents is 1. The number of aromatic hydroxyl groups is 1. The largest absolute Gasteiger partial charge is 0.507 e. The minimum Gasteiger partial charge on any atom is -0.507 e. The zero-order valence-corrected chi connectivity index (χ0v) is 18.9. The molecule has 0 amide bonds. The van der Waals surface area contributed by atoms with Crippen LogP contribution in [0.25, 0.3) is 6.08 Å². The number of hydrogen-bond donors (Lipinski definition) is 1. The van der Waals surface area contributed by atoms with Gasteiger partial charge in [-0.15, -0.1) is 0 Å². The topological polar surface area (TPSA) is 62.2 Å². The fourth-order valence-electron chi connectivity index (χ4n) is 4.42. The number of ketones is 1. The number of ether oxygens (including phenoxy) is 2. The van der Waals surface area contributed by atoms with Gasteiger partial charge in [0.25, 0.3) is 0 Å². The average molecular weight is 478 g/mol. The van der Waals surface area contributed by atoms with Crippen molar-refractivity contribution >= 4 is 17.5 Å². The summed E-state index contributed by atoms with van der Waals surface area (Å²) in [6.45, 7) is 0.679. The summed E-state index contributed by atoms with van der Waals surface area (Å²) in [6.07, 6.45) is 1.39. The quantitative estimate of drug-likeness (QED) is 0.507. The third-order valence-electron chi connectivity index (χ3n) is 6.21. The van der Waals surface area contributed by atoms with Crippen LogP contribution in [0, 0.1) is 0 Å². The van der Waals surface area contributed by atoms with E-state index in [0.717, 1.165) is 26.2 Å². The predicted molar refractivity (Wildman–Crippen MR) is 128 cm³/mol. The normalized spacial score (nSPS) is 17.1. The maximum atomic E-state index is 13.0. The number of nitrogens with zero attached hydrogens (tertiary/aromatic N) is 2. The number of carbonyl (C=O) groups is 1. The molecule has 3 aromatic rings. The van der Waals surface area contributed by atoms with Gasteiger partial charge in [-0.05, 0) is 36.4 Å². The summed E-state index contributed by atoms with van der Waals surface area (Å²) >= 11 is 0. The number of allylic oxidation sites excluding steroid dienone is 1. The maximum Gasteiger partial charge on any atom is 0.387 e. The van der Waals surface area contributed by atoms with Gasteiger partial charge in [-0.3, -0.25) is 9.69 Å². The number of fused-ring (bicyclic) bond motifs is 1. The first-order valence-corrected chi connectivity index (χ1v) is 11.3. The van der Waals surface area contributed by atoms with Crippen LogP contribution < -0.4 is 14.4 Å². The molecule has 180 valence electrons. The Balaban J connectivity index is 1.35. The molecule has 0 aromatic heterocycles. The van der Waals surface area contributed by atoms with E-state index in [9.17, 15) is 18.7 Å². The molecular formula is C27H24F2N2O4. The van der Waals surface area contributed by atoms with Crippen LogP contribution in [0.4, 0.5) is 14.5 Å². The zero-order chi connectivity index (χ0) is 24.4. The van der Waals surface area contributed by atoms with E-state index in [0.29, 0.717) is 29.0 Å². The molecule has 2 aliphatic rings. The highest BCUT2D eigenvalue weighted by Gasteiger charge is 2.32. The molecule has 3 aromatic carbocycles. The van der Waals surface area contributed by atoms with Crippen LogP contribution in [-0.2, 0) is 6.54 Å². The number of benzene rings is 3. The van der Waals surface area contributed by atoms with Crippen molar-refractivity contribution in [1.29, 1.82) is 0 Å². The van der Waals surface area contributed by atoms with Gasteiger partial charge in [-0.1, -0.05) is 36.4 Å². The number of phenols is 1. The van der Waals surface area contributed by atoms with Gasteiger partial charge in [-0.25, -0.2) is 0 Å². The first kappa shape index (κ1) is 22.9. The monoisotopic (exact) mass is 478 g/mol. The minimum absolute atomic E-state index is 0.00827. The number of hydrogen-bond acceptors (Lipinski definition) is 6. The summed E-state index contributed by atoms with van der Waals surface area (Å²) in [5.41, 5.74) is 2.34. The second kappa shape index (κ2) is 9.76. The molecule has 2 aliphatic heterocycles. The molecule has 0 spiro atoms. The summed E-state index contributed by atoms with van der Waals surface area (Å²) < 4.78 is 36.0. The molecule has 0 saturated carbocycles. The summed E-state index contributed by atoms with van der Waals surface area (Å²) in [7, 11) is 0. The first-order valence-electron chi connectivity index (χ1n) is 11.3. The number of para-hydroxylation sites is 2. The Morgan fingerprint density at radius 3 is 2.43 bits per heavy atom. The van der Waals surface area contributed by atoms with Crippen molar-refractivity contribution in [3.8, 4) is 17.2 Å². The Labute approximate surface area is 201 Å². The van der Waals surface area contributed by atoms with Crippen LogP contribution in [0.15, 0.2) is 72.5 Å². The highest BCUT2D eigenvalue weighted by atomic mass is 19.3. The summed E-state index contributed by atoms with van der Waals surface area (Å²) in [5, 5.41) is 10.6. The van der Waals surface area contributed by atoms with Crippen molar-refractivity contribution in [2.75, 3.05) is 31.1 Å². The summed E-state index contributed by atoms with van der Waals surface area (Å²) in [4.78, 5) is 17.5. The van der Waals surface area contributed by atoms with Crippen molar-refractivity contribution in [2.24, 2.45) is 0 Å². The number of piperazine rings is 1. The molecule has 1 saturated heterocycles. The molecule has 0 bridgehead atoms. The number of halogens is 2. The number of Topliss-reactive ketones (excluding diaryl/α,β-unsaturated/α-hetero) is 1. The van der Waals surface area contributed by atoms with E-state index < -0.39 is 6.61 Å². The fourth-order valence-corrected chi connectivity index (χ4v) is 4.42. The van der Waals surface area contributed by atoms with Crippen LogP contribution in [0.3, 0.4) is 0 Å². The van der Waals surface area contributed by atoms with Crippen molar-refractivity contribution in [2.45, 2.75) is 13.2 Å². The van der Waals surface area contributed by atoms with Crippen LogP contribution in [0.1, 0.15) is 21.5 Å². The van der Waals surface area contributed by atoms with Crippen molar-refractivity contribution in [1.82, 2.24) is 4.90 Å². The van der Waals surface area contributed by atoms with Crippen LogP contribution in [-0.4, -0.2) is 48.6 Å². The van der Waals surface area contributed by atoms with E-state index in [4.69, 9.17) is 4.74 Å². The van der Waals surface area contributed by atoms with Crippen LogP contribution in [0.5, 0.6) is 17.2 Å². The van der Waals surface area contributed by atoms with Crippen LogP contribution in [0.2, 0.25) is 0 Å². The highest BCUT2D eigenvalue weighted by molar-refractivity contribution is 6.15. The maximum absolute atomic E-state index is 13.0. The van der Waals surface area contributed by atoms with Gasteiger partial charge in [-0.2, -0.15) is 8.78 Å². The van der Waals surface area contributed by atoms with E-state index in [-0.39, 0.29) is 23.0 Å². The lowest BCUT2D eigenvalue weighted by Gasteiger charge is -2.36. The van der Waals surface area contributed by atoms with Gasteiger partial charge in [0.2, 0.25) is 5.78 Å². The molecule has 1 N–H and O–H groups in total. The molecule has 1 fully saturated rings. The zero-order valence-electron chi connectivity index (χ0n) is 18.9. The van der Waals surface area contributed by atoms with E-state index in [2.05, 4.69) is 26.7 Å². The van der Waals surface area contributed by atoms with Gasteiger partial charge in [0, 0.05) is 44.0 Å². The average Bonchev–Trinajstić information content (AvgIpc) is 3.18. The van der Waals surface area contributed by atoms with Gasteiger partial charge in [0.05, 0.1) is 11.1 Å². The molecule has 0 atom stereocenters. The highest BCUT2D eigenvalue weighted by Crippen LogP contribution is 2.40. The standard InChI is InChI=1S/C27H24F2N2O4/c28-27(29)35-23-9-5-4-6-18(23)16-24-25(33)20-10-11-22(32)21(26(20)34-24)17-30-12-14-31(15-13-30)19-7-2-1-3-8-19/h1-11,16,27,32H,12-15,17H2/b24-16-. The van der Waals surface area contributed by atoms with E-state index >= 15 is 0 Å². The second-order valence-electron chi connectivity index (χ2n) is 8.39. The number of rotatable bonds is 6. The molecule has 0 unspecified atom stereocenters. The Morgan fingerprint density at radius 1 is 0.971 bits per heavy atom. The minimum atomic E-state index is -2.99. The van der Waals surface area contributed by atoms with E-state index in [1.54, 1.807) is 18.2 Å². The third kappa shape index (κ3) is 4.83. The van der Waals surface area contributed by atoms with Gasteiger partial charge < -0.3 is 19.5 Å². The van der Waals surface area contributed by atoms with Crippen molar-refractivity contribution < 1.29 is 28.2 Å². The van der Waals surface area contributed by atoms with Crippen molar-refractivity contribution in [3.63, 3.8) is 0 Å². The Kier molecular flexibility index (Phi) is 6.37. The molecular weight excluding hydrogens is 454 g/mol. The lowest BCUT2D eigenvalue weighted by molar-refractivity contribution is -0.0499.